The highest BCUT2D eigenvalue weighted by Gasteiger charge is 2.13. The molecule has 35 heavy (non-hydrogen) atoms. The van der Waals surface area contributed by atoms with E-state index in [-0.39, 0.29) is 17.3 Å². The van der Waals surface area contributed by atoms with Crippen LogP contribution in [0.5, 0.6) is 0 Å². The van der Waals surface area contributed by atoms with Gasteiger partial charge < -0.3 is 10.1 Å². The van der Waals surface area contributed by atoms with Crippen molar-refractivity contribution < 1.29 is 17.5 Å². The molecular weight excluding hydrogens is 467 g/mol. The third kappa shape index (κ3) is 5.87. The smallest absolute Gasteiger partial charge is 0.223 e. The zero-order valence-corrected chi connectivity index (χ0v) is 20.3. The fraction of sp³-hybridized carbons (Fsp3) is 0.192. The standard InChI is InChI=1S/C26H25FN4O3S/c1-4-34-16-24-25-23(14-13-22(29-25)17(2)19-7-9-20(27)10-8-19)30-26(31-24)28-15-18-5-11-21(12-6-18)35(3,32)33/h5-14H,2,4,15-16H2,1,3H3,(H,28,30,31). The van der Waals surface area contributed by atoms with Gasteiger partial charge >= 0.3 is 0 Å². The average Bonchev–Trinajstić information content (AvgIpc) is 2.85. The predicted molar refractivity (Wildman–Crippen MR) is 134 cm³/mol. The Morgan fingerprint density at radius 2 is 1.71 bits per heavy atom. The van der Waals surface area contributed by atoms with E-state index in [4.69, 9.17) is 9.72 Å². The Balaban J connectivity index is 1.61. The van der Waals surface area contributed by atoms with E-state index in [1.54, 1.807) is 36.4 Å². The van der Waals surface area contributed by atoms with Gasteiger partial charge in [0.05, 0.1) is 28.4 Å². The van der Waals surface area contributed by atoms with Crippen LogP contribution in [0.1, 0.15) is 29.4 Å². The van der Waals surface area contributed by atoms with E-state index >= 15 is 0 Å². The van der Waals surface area contributed by atoms with Crippen molar-refractivity contribution in [2.24, 2.45) is 0 Å². The number of aromatic nitrogens is 3. The van der Waals surface area contributed by atoms with Crippen LogP contribution in [0.25, 0.3) is 16.6 Å². The minimum atomic E-state index is -3.24. The second kappa shape index (κ2) is 10.3. The van der Waals surface area contributed by atoms with Crippen molar-refractivity contribution in [1.29, 1.82) is 0 Å². The van der Waals surface area contributed by atoms with Crippen LogP contribution in [0.3, 0.4) is 0 Å². The van der Waals surface area contributed by atoms with Crippen molar-refractivity contribution in [1.82, 2.24) is 15.0 Å². The van der Waals surface area contributed by atoms with Gasteiger partial charge in [0.2, 0.25) is 5.95 Å². The van der Waals surface area contributed by atoms with E-state index in [2.05, 4.69) is 21.9 Å². The van der Waals surface area contributed by atoms with Crippen molar-refractivity contribution in [2.45, 2.75) is 25.0 Å². The molecule has 0 aliphatic rings. The maximum Gasteiger partial charge on any atom is 0.223 e. The summed E-state index contributed by atoms with van der Waals surface area (Å²) in [5.41, 5.74) is 4.82. The SMILES string of the molecule is C=C(c1ccc(F)cc1)c1ccc2nc(NCc3ccc(S(C)(=O)=O)cc3)nc(COCC)c2n1. The molecule has 0 atom stereocenters. The number of nitrogens with zero attached hydrogens (tertiary/aromatic N) is 3. The van der Waals surface area contributed by atoms with E-state index in [9.17, 15) is 12.8 Å². The molecule has 0 aliphatic heterocycles. The van der Waals surface area contributed by atoms with E-state index in [1.807, 2.05) is 19.1 Å². The molecule has 0 amide bonds. The lowest BCUT2D eigenvalue weighted by Crippen LogP contribution is -2.08. The fourth-order valence-corrected chi connectivity index (χ4v) is 4.09. The maximum absolute atomic E-state index is 13.3. The van der Waals surface area contributed by atoms with Gasteiger partial charge in [-0.25, -0.2) is 27.8 Å². The summed E-state index contributed by atoms with van der Waals surface area (Å²) in [5, 5.41) is 3.19. The molecule has 9 heteroatoms. The molecule has 4 aromatic rings. The third-order valence-corrected chi connectivity index (χ3v) is 6.49. The summed E-state index contributed by atoms with van der Waals surface area (Å²) in [5.74, 6) is 0.0955. The van der Waals surface area contributed by atoms with E-state index in [1.165, 1.54) is 18.4 Å². The molecule has 0 saturated carbocycles. The monoisotopic (exact) mass is 492 g/mol. The van der Waals surface area contributed by atoms with E-state index < -0.39 is 9.84 Å². The molecular formula is C26H25FN4O3S. The molecule has 0 fully saturated rings. The molecule has 1 N–H and O–H groups in total. The number of rotatable bonds is 9. The van der Waals surface area contributed by atoms with Gasteiger partial charge in [0.15, 0.2) is 9.84 Å². The van der Waals surface area contributed by atoms with Crippen LogP contribution in [-0.2, 0) is 27.7 Å². The molecule has 0 unspecified atom stereocenters. The first-order valence-electron chi connectivity index (χ1n) is 11.0. The van der Waals surface area contributed by atoms with E-state index in [0.29, 0.717) is 47.1 Å². The van der Waals surface area contributed by atoms with Gasteiger partial charge in [-0.3, -0.25) is 0 Å². The second-order valence-electron chi connectivity index (χ2n) is 7.95. The summed E-state index contributed by atoms with van der Waals surface area (Å²) in [6, 6.07) is 16.4. The number of ether oxygens (including phenoxy) is 1. The van der Waals surface area contributed by atoms with Crippen molar-refractivity contribution in [3.8, 4) is 0 Å². The Morgan fingerprint density at radius 3 is 2.37 bits per heavy atom. The Labute approximate surface area is 203 Å². The van der Waals surface area contributed by atoms with Gasteiger partial charge in [-0.05, 0) is 54.4 Å². The third-order valence-electron chi connectivity index (χ3n) is 5.36. The number of nitrogens with one attached hydrogen (secondary N) is 1. The number of benzene rings is 2. The zero-order valence-electron chi connectivity index (χ0n) is 19.5. The zero-order chi connectivity index (χ0) is 25.0. The van der Waals surface area contributed by atoms with Crippen LogP contribution in [0.15, 0.2) is 72.1 Å². The molecule has 0 saturated heterocycles. The number of sulfone groups is 1. The Hall–Kier alpha value is -3.69. The summed E-state index contributed by atoms with van der Waals surface area (Å²) in [4.78, 5) is 14.2. The van der Waals surface area contributed by atoms with Crippen molar-refractivity contribution in [3.05, 3.63) is 95.6 Å². The minimum Gasteiger partial charge on any atom is -0.375 e. The van der Waals surface area contributed by atoms with Crippen molar-refractivity contribution in [2.75, 3.05) is 18.2 Å². The number of fused-ring (bicyclic) bond motifs is 1. The first-order chi connectivity index (χ1) is 16.7. The number of halogens is 1. The Kier molecular flexibility index (Phi) is 7.18. The summed E-state index contributed by atoms with van der Waals surface area (Å²) in [6.45, 7) is 7.21. The largest absolute Gasteiger partial charge is 0.375 e. The molecule has 7 nitrogen and oxygen atoms in total. The van der Waals surface area contributed by atoms with Crippen LogP contribution in [0.4, 0.5) is 10.3 Å². The number of pyridine rings is 1. The molecule has 0 aliphatic carbocycles. The minimum absolute atomic E-state index is 0.257. The summed E-state index contributed by atoms with van der Waals surface area (Å²) in [7, 11) is -3.24. The average molecular weight is 493 g/mol. The van der Waals surface area contributed by atoms with Crippen LogP contribution in [0, 0.1) is 5.82 Å². The maximum atomic E-state index is 13.3. The lowest BCUT2D eigenvalue weighted by molar-refractivity contribution is 0.132. The molecule has 0 spiro atoms. The lowest BCUT2D eigenvalue weighted by Gasteiger charge is -2.12. The number of anilines is 1. The second-order valence-corrected chi connectivity index (χ2v) is 9.97. The first kappa shape index (κ1) is 24.4. The normalized spacial score (nSPS) is 11.5. The number of hydrogen-bond acceptors (Lipinski definition) is 7. The van der Waals surface area contributed by atoms with Crippen LogP contribution in [-0.4, -0.2) is 36.2 Å². The van der Waals surface area contributed by atoms with Gasteiger partial charge in [0, 0.05) is 25.0 Å². The first-order valence-corrected chi connectivity index (χ1v) is 12.9. The molecule has 2 heterocycles. The Morgan fingerprint density at radius 1 is 1.00 bits per heavy atom. The van der Waals surface area contributed by atoms with Crippen molar-refractivity contribution >= 4 is 32.4 Å². The number of hydrogen-bond donors (Lipinski definition) is 1. The molecule has 0 bridgehead atoms. The van der Waals surface area contributed by atoms with Gasteiger partial charge in [-0.15, -0.1) is 0 Å². The summed E-state index contributed by atoms with van der Waals surface area (Å²) >= 11 is 0. The fourth-order valence-electron chi connectivity index (χ4n) is 3.46. The van der Waals surface area contributed by atoms with Gasteiger partial charge in [-0.1, -0.05) is 30.8 Å². The van der Waals surface area contributed by atoms with Crippen LogP contribution >= 0.6 is 0 Å². The summed E-state index contributed by atoms with van der Waals surface area (Å²) in [6.07, 6.45) is 1.18. The summed E-state index contributed by atoms with van der Waals surface area (Å²) < 4.78 is 42.2. The Bertz CT molecular complexity index is 1470. The quantitative estimate of drug-likeness (QED) is 0.359. The van der Waals surface area contributed by atoms with Gasteiger partial charge in [-0.2, -0.15) is 0 Å². The van der Waals surface area contributed by atoms with Crippen molar-refractivity contribution in [3.63, 3.8) is 0 Å². The van der Waals surface area contributed by atoms with Gasteiger partial charge in [0.1, 0.15) is 11.3 Å². The highest BCUT2D eigenvalue weighted by molar-refractivity contribution is 7.90. The van der Waals surface area contributed by atoms with E-state index in [0.717, 1.165) is 11.1 Å². The molecule has 2 aromatic carbocycles. The molecule has 4 rings (SSSR count). The molecule has 0 radical (unpaired) electrons. The topological polar surface area (TPSA) is 94.1 Å². The molecule has 2 aromatic heterocycles. The van der Waals surface area contributed by atoms with Crippen LogP contribution < -0.4 is 5.32 Å². The highest BCUT2D eigenvalue weighted by Crippen LogP contribution is 2.24. The van der Waals surface area contributed by atoms with Crippen LogP contribution in [0.2, 0.25) is 0 Å². The van der Waals surface area contributed by atoms with Gasteiger partial charge in [0.25, 0.3) is 0 Å². The predicted octanol–water partition coefficient (Wildman–Crippen LogP) is 4.78. The molecule has 180 valence electrons. The highest BCUT2D eigenvalue weighted by atomic mass is 32.2. The lowest BCUT2D eigenvalue weighted by atomic mass is 10.0.